The van der Waals surface area contributed by atoms with E-state index in [9.17, 15) is 4.79 Å². The molecular formula is C23H18Cl2N4O2. The van der Waals surface area contributed by atoms with Crippen LogP contribution in [-0.2, 0) is 13.1 Å². The monoisotopic (exact) mass is 452 g/mol. The number of hydrogen-bond donors (Lipinski definition) is 0. The molecule has 8 heteroatoms. The molecule has 156 valence electrons. The molecule has 4 rings (SSSR count). The lowest BCUT2D eigenvalue weighted by molar-refractivity contribution is 0.0728. The van der Waals surface area contributed by atoms with Crippen LogP contribution >= 0.6 is 23.2 Å². The normalized spacial score (nSPS) is 10.8. The Hall–Kier alpha value is -3.22. The summed E-state index contributed by atoms with van der Waals surface area (Å²) in [4.78, 5) is 23.6. The van der Waals surface area contributed by atoms with Gasteiger partial charge in [-0.1, -0.05) is 40.5 Å². The van der Waals surface area contributed by atoms with E-state index in [0.717, 1.165) is 16.8 Å². The van der Waals surface area contributed by atoms with Gasteiger partial charge in [-0.25, -0.2) is 0 Å². The zero-order valence-electron chi connectivity index (χ0n) is 16.6. The van der Waals surface area contributed by atoms with Gasteiger partial charge in [0.15, 0.2) is 5.82 Å². The summed E-state index contributed by atoms with van der Waals surface area (Å²) < 4.78 is 5.19. The third-order valence-electron chi connectivity index (χ3n) is 4.63. The van der Waals surface area contributed by atoms with E-state index in [1.54, 1.807) is 54.4 Å². The zero-order valence-corrected chi connectivity index (χ0v) is 18.1. The first-order valence-corrected chi connectivity index (χ1v) is 10.3. The van der Waals surface area contributed by atoms with Crippen LogP contribution in [0.2, 0.25) is 10.0 Å². The van der Waals surface area contributed by atoms with Crippen molar-refractivity contribution in [3.63, 3.8) is 0 Å². The lowest BCUT2D eigenvalue weighted by Crippen LogP contribution is -2.30. The average molecular weight is 453 g/mol. The van der Waals surface area contributed by atoms with E-state index < -0.39 is 0 Å². The van der Waals surface area contributed by atoms with Gasteiger partial charge in [0.25, 0.3) is 11.8 Å². The van der Waals surface area contributed by atoms with Gasteiger partial charge >= 0.3 is 0 Å². The van der Waals surface area contributed by atoms with Crippen LogP contribution in [0.1, 0.15) is 27.4 Å². The fourth-order valence-electron chi connectivity index (χ4n) is 3.10. The molecule has 2 aromatic carbocycles. The first-order chi connectivity index (χ1) is 15.0. The molecular weight excluding hydrogens is 435 g/mol. The van der Waals surface area contributed by atoms with E-state index in [4.69, 9.17) is 27.7 Å². The quantitative estimate of drug-likeness (QED) is 0.381. The number of halogens is 2. The second-order valence-electron chi connectivity index (χ2n) is 6.95. The summed E-state index contributed by atoms with van der Waals surface area (Å²) in [5.41, 5.74) is 2.94. The Bertz CT molecular complexity index is 1190. The van der Waals surface area contributed by atoms with Crippen LogP contribution in [0.4, 0.5) is 0 Å². The molecule has 4 aromatic rings. The lowest BCUT2D eigenvalue weighted by Gasteiger charge is -2.23. The van der Waals surface area contributed by atoms with E-state index in [1.807, 2.05) is 24.3 Å². The van der Waals surface area contributed by atoms with Gasteiger partial charge in [-0.3, -0.25) is 9.78 Å². The zero-order chi connectivity index (χ0) is 21.8. The number of aromatic nitrogens is 3. The van der Waals surface area contributed by atoms with Crippen LogP contribution in [0.25, 0.3) is 11.5 Å². The fourth-order valence-corrected chi connectivity index (χ4v) is 3.42. The Morgan fingerprint density at radius 2 is 1.81 bits per heavy atom. The highest BCUT2D eigenvalue weighted by Gasteiger charge is 2.18. The van der Waals surface area contributed by atoms with Crippen molar-refractivity contribution in [3.05, 3.63) is 99.6 Å². The second kappa shape index (κ2) is 9.29. The topological polar surface area (TPSA) is 72.1 Å². The van der Waals surface area contributed by atoms with Crippen LogP contribution in [-0.4, -0.2) is 25.9 Å². The van der Waals surface area contributed by atoms with E-state index in [-0.39, 0.29) is 5.91 Å². The van der Waals surface area contributed by atoms with Crippen LogP contribution in [0.5, 0.6) is 0 Å². The molecule has 0 spiro atoms. The molecule has 0 saturated carbocycles. The average Bonchev–Trinajstić information content (AvgIpc) is 3.22. The molecule has 0 N–H and O–H groups in total. The number of carbonyl (C=O) groups excluding carboxylic acids is 1. The fraction of sp³-hybridized carbons (Fsp3) is 0.130. The van der Waals surface area contributed by atoms with Crippen LogP contribution in [0.3, 0.4) is 0 Å². The Morgan fingerprint density at radius 3 is 2.45 bits per heavy atom. The largest absolute Gasteiger partial charge is 0.334 e. The number of amides is 1. The molecule has 0 fully saturated rings. The molecule has 6 nitrogen and oxygen atoms in total. The first kappa shape index (κ1) is 21.0. The predicted octanol–water partition coefficient (Wildman–Crippen LogP) is 5.59. The van der Waals surface area contributed by atoms with E-state index >= 15 is 0 Å². The summed E-state index contributed by atoms with van der Waals surface area (Å²) in [7, 11) is 0. The SMILES string of the molecule is Cc1noc(-c2ccc(C(=O)N(Cc3ccc(Cl)c(Cl)c3)Cc3ccccn3)cc2)n1. The summed E-state index contributed by atoms with van der Waals surface area (Å²) >= 11 is 12.2. The van der Waals surface area contributed by atoms with Crippen molar-refractivity contribution in [2.75, 3.05) is 0 Å². The molecule has 0 aliphatic carbocycles. The van der Waals surface area contributed by atoms with Gasteiger partial charge in [-0.2, -0.15) is 4.98 Å². The Balaban J connectivity index is 1.60. The number of hydrogen-bond acceptors (Lipinski definition) is 5. The van der Waals surface area contributed by atoms with Crippen LogP contribution in [0, 0.1) is 6.92 Å². The molecule has 2 aromatic heterocycles. The number of benzene rings is 2. The molecule has 0 bridgehead atoms. The third-order valence-corrected chi connectivity index (χ3v) is 5.37. The van der Waals surface area contributed by atoms with Gasteiger partial charge < -0.3 is 9.42 Å². The summed E-state index contributed by atoms with van der Waals surface area (Å²) in [5.74, 6) is 0.834. The second-order valence-corrected chi connectivity index (χ2v) is 7.77. The number of nitrogens with zero attached hydrogens (tertiary/aromatic N) is 4. The van der Waals surface area contributed by atoms with E-state index in [0.29, 0.717) is 40.4 Å². The minimum Gasteiger partial charge on any atom is -0.334 e. The molecule has 0 aliphatic heterocycles. The maximum absolute atomic E-state index is 13.3. The van der Waals surface area contributed by atoms with E-state index in [2.05, 4.69) is 15.1 Å². The van der Waals surface area contributed by atoms with Gasteiger partial charge in [0.2, 0.25) is 0 Å². The summed E-state index contributed by atoms with van der Waals surface area (Å²) in [5, 5.41) is 4.72. The third kappa shape index (κ3) is 5.10. The maximum Gasteiger partial charge on any atom is 0.257 e. The maximum atomic E-state index is 13.3. The predicted molar refractivity (Wildman–Crippen MR) is 119 cm³/mol. The molecule has 0 saturated heterocycles. The smallest absolute Gasteiger partial charge is 0.257 e. The van der Waals surface area contributed by atoms with Crippen LogP contribution in [0.15, 0.2) is 71.4 Å². The van der Waals surface area contributed by atoms with Gasteiger partial charge in [0.05, 0.1) is 22.3 Å². The molecule has 1 amide bonds. The molecule has 2 heterocycles. The lowest BCUT2D eigenvalue weighted by atomic mass is 10.1. The van der Waals surface area contributed by atoms with Crippen molar-refractivity contribution >= 4 is 29.1 Å². The van der Waals surface area contributed by atoms with Crippen molar-refractivity contribution in [2.24, 2.45) is 0 Å². The van der Waals surface area contributed by atoms with Crippen molar-refractivity contribution in [1.82, 2.24) is 20.0 Å². The van der Waals surface area contributed by atoms with Gasteiger partial charge in [0, 0.05) is 23.9 Å². The highest BCUT2D eigenvalue weighted by atomic mass is 35.5. The highest BCUT2D eigenvalue weighted by Crippen LogP contribution is 2.24. The minimum atomic E-state index is -0.134. The number of pyridine rings is 1. The summed E-state index contributed by atoms with van der Waals surface area (Å²) in [6, 6.07) is 18.0. The number of rotatable bonds is 6. The molecule has 31 heavy (non-hydrogen) atoms. The highest BCUT2D eigenvalue weighted by molar-refractivity contribution is 6.42. The standard InChI is InChI=1S/C23H18Cl2N4O2/c1-15-27-22(31-28-15)17-6-8-18(9-7-17)23(30)29(14-19-4-2-3-11-26-19)13-16-5-10-20(24)21(25)12-16/h2-12H,13-14H2,1H3. The number of carbonyl (C=O) groups is 1. The van der Waals surface area contributed by atoms with Crippen molar-refractivity contribution in [1.29, 1.82) is 0 Å². The Morgan fingerprint density at radius 1 is 1.00 bits per heavy atom. The van der Waals surface area contributed by atoms with Crippen molar-refractivity contribution in [3.8, 4) is 11.5 Å². The Kier molecular flexibility index (Phi) is 6.30. The molecule has 0 radical (unpaired) electrons. The molecule has 0 aliphatic rings. The Labute approximate surface area is 189 Å². The van der Waals surface area contributed by atoms with Crippen LogP contribution < -0.4 is 0 Å². The summed E-state index contributed by atoms with van der Waals surface area (Å²) in [6.45, 7) is 2.46. The van der Waals surface area contributed by atoms with Crippen molar-refractivity contribution < 1.29 is 9.32 Å². The molecule has 0 atom stereocenters. The van der Waals surface area contributed by atoms with Crippen molar-refractivity contribution in [2.45, 2.75) is 20.0 Å². The first-order valence-electron chi connectivity index (χ1n) is 9.53. The van der Waals surface area contributed by atoms with Gasteiger partial charge in [0.1, 0.15) is 0 Å². The minimum absolute atomic E-state index is 0.134. The molecule has 0 unspecified atom stereocenters. The number of aryl methyl sites for hydroxylation is 1. The van der Waals surface area contributed by atoms with Gasteiger partial charge in [-0.15, -0.1) is 0 Å². The summed E-state index contributed by atoms with van der Waals surface area (Å²) in [6.07, 6.45) is 1.71. The van der Waals surface area contributed by atoms with E-state index in [1.165, 1.54) is 0 Å². The van der Waals surface area contributed by atoms with Gasteiger partial charge in [-0.05, 0) is 61.0 Å².